The summed E-state index contributed by atoms with van der Waals surface area (Å²) < 4.78 is 11.3. The second-order valence-corrected chi connectivity index (χ2v) is 11.0. The van der Waals surface area contributed by atoms with Gasteiger partial charge >= 0.3 is 11.9 Å². The molecule has 4 saturated carbocycles. The number of allylic oxidation sites excluding steroid dienone is 1. The van der Waals surface area contributed by atoms with Gasteiger partial charge in [0.15, 0.2) is 5.78 Å². The van der Waals surface area contributed by atoms with Gasteiger partial charge < -0.3 is 19.7 Å². The van der Waals surface area contributed by atoms with Crippen molar-refractivity contribution in [2.24, 2.45) is 34.0 Å². The first-order chi connectivity index (χ1) is 14.3. The average molecular weight is 435 g/mol. The van der Waals surface area contributed by atoms with Gasteiger partial charge in [0.2, 0.25) is 0 Å². The van der Waals surface area contributed by atoms with E-state index in [1.807, 2.05) is 20.8 Å². The highest BCUT2D eigenvalue weighted by atomic mass is 16.6. The van der Waals surface area contributed by atoms with Crippen molar-refractivity contribution < 1.29 is 34.1 Å². The van der Waals surface area contributed by atoms with Crippen LogP contribution in [-0.2, 0) is 23.9 Å². The number of ketones is 1. The predicted molar refractivity (Wildman–Crippen MR) is 111 cm³/mol. The zero-order valence-corrected chi connectivity index (χ0v) is 19.0. The Hall–Kier alpha value is -1.73. The first-order valence-electron chi connectivity index (χ1n) is 11.2. The zero-order valence-electron chi connectivity index (χ0n) is 19.0. The number of rotatable bonds is 2. The Labute approximate surface area is 183 Å². The van der Waals surface area contributed by atoms with E-state index in [0.717, 1.165) is 0 Å². The van der Waals surface area contributed by atoms with Crippen molar-refractivity contribution >= 4 is 17.7 Å². The van der Waals surface area contributed by atoms with Gasteiger partial charge in [-0.05, 0) is 42.6 Å². The molecule has 2 bridgehead atoms. The van der Waals surface area contributed by atoms with Crippen LogP contribution in [0.15, 0.2) is 12.2 Å². The molecule has 0 amide bonds. The molecule has 172 valence electrons. The molecular formula is C24H34O7. The molecule has 4 aliphatic carbocycles. The van der Waals surface area contributed by atoms with E-state index in [1.165, 1.54) is 13.8 Å². The molecule has 4 rings (SSSR count). The number of Topliss-reactive ketones (excluding diaryl/α,β-unsaturated/α-hetero) is 1. The molecule has 0 saturated heterocycles. The summed E-state index contributed by atoms with van der Waals surface area (Å²) in [6.45, 7) is 12.6. The van der Waals surface area contributed by atoms with Crippen LogP contribution in [0.5, 0.6) is 0 Å². The molecule has 9 atom stereocenters. The maximum atomic E-state index is 13.6. The molecule has 7 heteroatoms. The lowest BCUT2D eigenvalue weighted by Crippen LogP contribution is -2.73. The molecule has 0 aliphatic heterocycles. The van der Waals surface area contributed by atoms with Crippen LogP contribution in [0, 0.1) is 34.0 Å². The second-order valence-electron chi connectivity index (χ2n) is 11.0. The first-order valence-corrected chi connectivity index (χ1v) is 11.2. The van der Waals surface area contributed by atoms with Crippen molar-refractivity contribution in [3.05, 3.63) is 12.2 Å². The maximum Gasteiger partial charge on any atom is 0.303 e. The lowest BCUT2D eigenvalue weighted by molar-refractivity contribution is -0.282. The molecule has 1 spiro atoms. The van der Waals surface area contributed by atoms with Gasteiger partial charge in [-0.2, -0.15) is 0 Å². The highest BCUT2D eigenvalue weighted by Gasteiger charge is 2.76. The summed E-state index contributed by atoms with van der Waals surface area (Å²) in [5.74, 6) is -2.27. The number of carbonyl (C=O) groups is 3. The van der Waals surface area contributed by atoms with Crippen LogP contribution in [0.2, 0.25) is 0 Å². The van der Waals surface area contributed by atoms with Crippen molar-refractivity contribution in [3.8, 4) is 0 Å². The molecule has 0 heterocycles. The number of hydrogen-bond donors (Lipinski definition) is 2. The van der Waals surface area contributed by atoms with E-state index in [4.69, 9.17) is 9.47 Å². The third-order valence-electron chi connectivity index (χ3n) is 9.02. The summed E-state index contributed by atoms with van der Waals surface area (Å²) in [5.41, 5.74) is -1.99. The monoisotopic (exact) mass is 434 g/mol. The molecule has 0 unspecified atom stereocenters. The summed E-state index contributed by atoms with van der Waals surface area (Å²) in [5, 5.41) is 23.1. The molecule has 4 aliphatic rings. The van der Waals surface area contributed by atoms with E-state index in [1.54, 1.807) is 0 Å². The SMILES string of the molecule is C=C1C(=O)[C@]23C[C@H]1C[C@H](O)[C@H]2[C@]1(C)CC[C@H](OC(C)=O)C(C)(C)[C@H]1[C@@H](O)[C@@H]3OC(C)=O. The number of ether oxygens (including phenoxy) is 2. The van der Waals surface area contributed by atoms with E-state index in [-0.39, 0.29) is 17.7 Å². The predicted octanol–water partition coefficient (Wildman–Crippen LogP) is 2.18. The number of esters is 2. The van der Waals surface area contributed by atoms with Gasteiger partial charge in [0, 0.05) is 31.1 Å². The third kappa shape index (κ3) is 2.81. The van der Waals surface area contributed by atoms with Crippen LogP contribution < -0.4 is 0 Å². The second kappa shape index (κ2) is 6.88. The minimum atomic E-state index is -1.18. The van der Waals surface area contributed by atoms with Crippen LogP contribution in [-0.4, -0.2) is 52.4 Å². The molecule has 31 heavy (non-hydrogen) atoms. The Morgan fingerprint density at radius 1 is 1.06 bits per heavy atom. The summed E-state index contributed by atoms with van der Waals surface area (Å²) >= 11 is 0. The van der Waals surface area contributed by atoms with Crippen molar-refractivity contribution in [2.75, 3.05) is 0 Å². The quantitative estimate of drug-likeness (QED) is 0.506. The van der Waals surface area contributed by atoms with Gasteiger partial charge in [0.25, 0.3) is 0 Å². The molecule has 4 fully saturated rings. The van der Waals surface area contributed by atoms with Crippen molar-refractivity contribution in [3.63, 3.8) is 0 Å². The number of hydrogen-bond acceptors (Lipinski definition) is 7. The van der Waals surface area contributed by atoms with E-state index in [0.29, 0.717) is 31.3 Å². The molecule has 2 N–H and O–H groups in total. The smallest absolute Gasteiger partial charge is 0.303 e. The van der Waals surface area contributed by atoms with Gasteiger partial charge in [-0.3, -0.25) is 14.4 Å². The Bertz CT molecular complexity index is 847. The molecule has 0 aromatic heterocycles. The number of aliphatic hydroxyl groups excluding tert-OH is 2. The summed E-state index contributed by atoms with van der Waals surface area (Å²) in [6.07, 6.45) is -1.40. The van der Waals surface area contributed by atoms with Gasteiger partial charge in [0.1, 0.15) is 12.2 Å². The van der Waals surface area contributed by atoms with E-state index < -0.39 is 58.5 Å². The topological polar surface area (TPSA) is 110 Å². The van der Waals surface area contributed by atoms with Crippen LogP contribution >= 0.6 is 0 Å². The van der Waals surface area contributed by atoms with Gasteiger partial charge in [0.05, 0.1) is 17.6 Å². The lowest BCUT2D eigenvalue weighted by Gasteiger charge is -2.67. The molecular weight excluding hydrogens is 400 g/mol. The van der Waals surface area contributed by atoms with Crippen molar-refractivity contribution in [2.45, 2.75) is 84.7 Å². The third-order valence-corrected chi connectivity index (χ3v) is 9.02. The molecule has 0 aromatic rings. The molecule has 0 radical (unpaired) electrons. The summed E-state index contributed by atoms with van der Waals surface area (Å²) in [7, 11) is 0. The first kappa shape index (κ1) is 22.5. The van der Waals surface area contributed by atoms with Gasteiger partial charge in [-0.1, -0.05) is 27.4 Å². The molecule has 0 aromatic carbocycles. The zero-order chi connectivity index (χ0) is 23.1. The Balaban J connectivity index is 1.90. The minimum absolute atomic E-state index is 0.172. The summed E-state index contributed by atoms with van der Waals surface area (Å²) in [6, 6.07) is 0. The van der Waals surface area contributed by atoms with Gasteiger partial charge in [-0.25, -0.2) is 0 Å². The maximum absolute atomic E-state index is 13.6. The number of aliphatic hydroxyl groups is 2. The fourth-order valence-corrected chi connectivity index (χ4v) is 8.27. The number of fused-ring (bicyclic) bond motifs is 3. The van der Waals surface area contributed by atoms with Gasteiger partial charge in [-0.15, -0.1) is 0 Å². The Kier molecular flexibility index (Phi) is 4.99. The van der Waals surface area contributed by atoms with E-state index in [2.05, 4.69) is 6.58 Å². The Morgan fingerprint density at radius 3 is 2.26 bits per heavy atom. The fraction of sp³-hybridized carbons (Fsp3) is 0.792. The van der Waals surface area contributed by atoms with Crippen LogP contribution in [0.1, 0.15) is 60.3 Å². The van der Waals surface area contributed by atoms with Crippen LogP contribution in [0.3, 0.4) is 0 Å². The fourth-order valence-electron chi connectivity index (χ4n) is 8.27. The standard InChI is InChI=1S/C24H34O7/c1-11-14-9-15(27)18-23(6)8-7-16(30-12(2)25)22(4,5)19(23)17(28)21(31-13(3)26)24(18,10-14)20(11)29/h14-19,21,27-28H,1,7-10H2,2-6H3/t14-,15+,16+,17-,18+,19-,21+,23+,24+/m1/s1. The van der Waals surface area contributed by atoms with E-state index in [9.17, 15) is 24.6 Å². The normalized spacial score (nSPS) is 47.9. The van der Waals surface area contributed by atoms with E-state index >= 15 is 0 Å². The minimum Gasteiger partial charge on any atom is -0.462 e. The number of carbonyl (C=O) groups excluding carboxylic acids is 3. The highest BCUT2D eigenvalue weighted by Crippen LogP contribution is 2.71. The highest BCUT2D eigenvalue weighted by molar-refractivity contribution is 6.04. The average Bonchev–Trinajstić information content (AvgIpc) is 2.82. The largest absolute Gasteiger partial charge is 0.462 e. The molecule has 7 nitrogen and oxygen atoms in total. The lowest BCUT2D eigenvalue weighted by atomic mass is 9.38. The van der Waals surface area contributed by atoms with Crippen LogP contribution in [0.25, 0.3) is 0 Å². The van der Waals surface area contributed by atoms with Crippen molar-refractivity contribution in [1.82, 2.24) is 0 Å². The van der Waals surface area contributed by atoms with Crippen LogP contribution in [0.4, 0.5) is 0 Å². The van der Waals surface area contributed by atoms with Crippen molar-refractivity contribution in [1.29, 1.82) is 0 Å². The summed E-state index contributed by atoms with van der Waals surface area (Å²) in [4.78, 5) is 37.5. The Morgan fingerprint density at radius 2 is 1.68 bits per heavy atom.